The SMILES string of the molecule is Cl.O=C(NCC1(c2ccc(F)cc2)CC1)C1CC(F)(F)CN1. The Bertz CT molecular complexity index is 546. The van der Waals surface area contributed by atoms with Crippen LogP contribution in [-0.2, 0) is 10.2 Å². The predicted molar refractivity (Wildman–Crippen MR) is 78.9 cm³/mol. The third-order valence-corrected chi connectivity index (χ3v) is 4.34. The van der Waals surface area contributed by atoms with Gasteiger partial charge >= 0.3 is 0 Å². The zero-order chi connectivity index (χ0) is 15.1. The van der Waals surface area contributed by atoms with Crippen molar-refractivity contribution in [2.45, 2.75) is 36.6 Å². The Labute approximate surface area is 133 Å². The first-order valence-electron chi connectivity index (χ1n) is 7.05. The summed E-state index contributed by atoms with van der Waals surface area (Å²) in [5.41, 5.74) is 0.818. The lowest BCUT2D eigenvalue weighted by molar-refractivity contribution is -0.123. The summed E-state index contributed by atoms with van der Waals surface area (Å²) in [6.07, 6.45) is 1.36. The molecule has 2 aliphatic rings. The molecule has 2 N–H and O–H groups in total. The maximum Gasteiger partial charge on any atom is 0.262 e. The van der Waals surface area contributed by atoms with Crippen molar-refractivity contribution in [3.63, 3.8) is 0 Å². The highest BCUT2D eigenvalue weighted by Gasteiger charge is 2.46. The Balaban J connectivity index is 0.00000176. The van der Waals surface area contributed by atoms with Crippen LogP contribution in [0.25, 0.3) is 0 Å². The van der Waals surface area contributed by atoms with E-state index in [0.717, 1.165) is 18.4 Å². The van der Waals surface area contributed by atoms with Crippen molar-refractivity contribution in [1.29, 1.82) is 0 Å². The molecule has 7 heteroatoms. The number of alkyl halides is 2. The molecule has 0 radical (unpaired) electrons. The number of nitrogens with one attached hydrogen (secondary N) is 2. The number of hydrogen-bond donors (Lipinski definition) is 2. The number of halogens is 4. The van der Waals surface area contributed by atoms with Gasteiger partial charge < -0.3 is 5.32 Å². The van der Waals surface area contributed by atoms with Gasteiger partial charge in [-0.15, -0.1) is 12.4 Å². The average Bonchev–Trinajstić information content (AvgIpc) is 3.14. The van der Waals surface area contributed by atoms with Crippen LogP contribution in [0.1, 0.15) is 24.8 Å². The molecule has 3 rings (SSSR count). The van der Waals surface area contributed by atoms with Gasteiger partial charge in [-0.1, -0.05) is 12.1 Å². The lowest BCUT2D eigenvalue weighted by atomic mass is 9.96. The van der Waals surface area contributed by atoms with Gasteiger partial charge in [-0.25, -0.2) is 13.2 Å². The first-order valence-corrected chi connectivity index (χ1v) is 7.05. The van der Waals surface area contributed by atoms with E-state index < -0.39 is 24.9 Å². The Morgan fingerprint density at radius 2 is 1.91 bits per heavy atom. The Morgan fingerprint density at radius 1 is 1.27 bits per heavy atom. The first-order chi connectivity index (χ1) is 9.90. The highest BCUT2D eigenvalue weighted by Crippen LogP contribution is 2.47. The third kappa shape index (κ3) is 3.55. The van der Waals surface area contributed by atoms with Gasteiger partial charge in [0.15, 0.2) is 0 Å². The number of amides is 1. The van der Waals surface area contributed by atoms with Gasteiger partial charge in [0.25, 0.3) is 5.92 Å². The van der Waals surface area contributed by atoms with E-state index >= 15 is 0 Å². The average molecular weight is 335 g/mol. The highest BCUT2D eigenvalue weighted by molar-refractivity contribution is 5.85. The second-order valence-electron chi connectivity index (χ2n) is 6.00. The zero-order valence-corrected chi connectivity index (χ0v) is 12.7. The van der Waals surface area contributed by atoms with E-state index in [1.54, 1.807) is 12.1 Å². The van der Waals surface area contributed by atoms with Gasteiger partial charge in [-0.2, -0.15) is 0 Å². The summed E-state index contributed by atoms with van der Waals surface area (Å²) in [5, 5.41) is 5.29. The molecular formula is C15H18ClF3N2O. The molecule has 1 heterocycles. The zero-order valence-electron chi connectivity index (χ0n) is 11.9. The van der Waals surface area contributed by atoms with E-state index in [9.17, 15) is 18.0 Å². The van der Waals surface area contributed by atoms with Crippen molar-refractivity contribution in [3.8, 4) is 0 Å². The van der Waals surface area contributed by atoms with Crippen molar-refractivity contribution in [2.24, 2.45) is 0 Å². The molecule has 1 atom stereocenters. The molecule has 1 aliphatic heterocycles. The van der Waals surface area contributed by atoms with Crippen LogP contribution >= 0.6 is 12.4 Å². The molecule has 122 valence electrons. The monoisotopic (exact) mass is 334 g/mol. The number of hydrogen-bond acceptors (Lipinski definition) is 2. The molecule has 1 unspecified atom stereocenters. The van der Waals surface area contributed by atoms with Gasteiger partial charge in [-0.3, -0.25) is 10.1 Å². The van der Waals surface area contributed by atoms with E-state index in [1.807, 2.05) is 0 Å². The maximum atomic E-state index is 13.1. The van der Waals surface area contributed by atoms with E-state index in [4.69, 9.17) is 0 Å². The number of benzene rings is 1. The Hall–Kier alpha value is -1.27. The van der Waals surface area contributed by atoms with Crippen LogP contribution in [0.5, 0.6) is 0 Å². The summed E-state index contributed by atoms with van der Waals surface area (Å²) in [5.74, 6) is -3.49. The van der Waals surface area contributed by atoms with Crippen LogP contribution in [0.3, 0.4) is 0 Å². The molecule has 1 aromatic rings. The fourth-order valence-corrected chi connectivity index (χ4v) is 2.80. The largest absolute Gasteiger partial charge is 0.354 e. The molecule has 0 bridgehead atoms. The third-order valence-electron chi connectivity index (χ3n) is 4.34. The van der Waals surface area contributed by atoms with Gasteiger partial charge in [0.1, 0.15) is 5.82 Å². The number of rotatable bonds is 4. The van der Waals surface area contributed by atoms with Crippen molar-refractivity contribution in [3.05, 3.63) is 35.6 Å². The van der Waals surface area contributed by atoms with E-state index in [-0.39, 0.29) is 29.5 Å². The minimum Gasteiger partial charge on any atom is -0.354 e. The quantitative estimate of drug-likeness (QED) is 0.887. The van der Waals surface area contributed by atoms with Gasteiger partial charge in [-0.05, 0) is 30.5 Å². The summed E-state index contributed by atoms with van der Waals surface area (Å²) in [7, 11) is 0. The van der Waals surface area contributed by atoms with Gasteiger partial charge in [0.05, 0.1) is 12.6 Å². The van der Waals surface area contributed by atoms with Crippen LogP contribution in [0.4, 0.5) is 13.2 Å². The smallest absolute Gasteiger partial charge is 0.262 e. The van der Waals surface area contributed by atoms with Crippen molar-refractivity contribution < 1.29 is 18.0 Å². The second kappa shape index (κ2) is 6.08. The molecule has 1 aliphatic carbocycles. The van der Waals surface area contributed by atoms with Crippen molar-refractivity contribution in [2.75, 3.05) is 13.1 Å². The highest BCUT2D eigenvalue weighted by atomic mass is 35.5. The molecule has 0 spiro atoms. The maximum absolute atomic E-state index is 13.1. The second-order valence-corrected chi connectivity index (χ2v) is 6.00. The summed E-state index contributed by atoms with van der Waals surface area (Å²) in [4.78, 5) is 11.9. The van der Waals surface area contributed by atoms with Crippen LogP contribution < -0.4 is 10.6 Å². The topological polar surface area (TPSA) is 41.1 Å². The minimum atomic E-state index is -2.81. The van der Waals surface area contributed by atoms with E-state index in [1.165, 1.54) is 12.1 Å². The summed E-state index contributed by atoms with van der Waals surface area (Å²) >= 11 is 0. The molecule has 1 saturated heterocycles. The van der Waals surface area contributed by atoms with Crippen LogP contribution in [0.15, 0.2) is 24.3 Å². The predicted octanol–water partition coefficient (Wildman–Crippen LogP) is 2.39. The Morgan fingerprint density at radius 3 is 2.41 bits per heavy atom. The van der Waals surface area contributed by atoms with Gasteiger partial charge in [0, 0.05) is 18.4 Å². The van der Waals surface area contributed by atoms with E-state index in [0.29, 0.717) is 6.54 Å². The Kier molecular flexibility index (Phi) is 4.73. The first kappa shape index (κ1) is 17.1. The normalized spacial score (nSPS) is 24.4. The molecule has 0 aromatic heterocycles. The van der Waals surface area contributed by atoms with Crippen LogP contribution in [0.2, 0.25) is 0 Å². The standard InChI is InChI=1S/C15H17F3N2O.ClH/c16-11-3-1-10(2-4-11)14(5-6-14)8-20-13(21)12-7-15(17,18)9-19-12;/h1-4,12,19H,5-9H2,(H,20,21);1H. The fraction of sp³-hybridized carbons (Fsp3) is 0.533. The fourth-order valence-electron chi connectivity index (χ4n) is 2.80. The van der Waals surface area contributed by atoms with E-state index in [2.05, 4.69) is 10.6 Å². The van der Waals surface area contributed by atoms with Crippen molar-refractivity contribution >= 4 is 18.3 Å². The molecule has 3 nitrogen and oxygen atoms in total. The molecule has 1 aromatic carbocycles. The molecule has 1 saturated carbocycles. The van der Waals surface area contributed by atoms with Crippen LogP contribution in [-0.4, -0.2) is 31.0 Å². The van der Waals surface area contributed by atoms with Gasteiger partial charge in [0.2, 0.25) is 5.91 Å². The summed E-state index contributed by atoms with van der Waals surface area (Å²) in [6.45, 7) is -0.0462. The molecule has 2 fully saturated rings. The summed E-state index contributed by atoms with van der Waals surface area (Å²) < 4.78 is 39.1. The van der Waals surface area contributed by atoms with Crippen LogP contribution in [0, 0.1) is 5.82 Å². The molecule has 22 heavy (non-hydrogen) atoms. The molecule has 1 amide bonds. The lowest BCUT2D eigenvalue weighted by Gasteiger charge is -2.18. The summed E-state index contributed by atoms with van der Waals surface area (Å²) in [6, 6.07) is 5.41. The number of carbonyl (C=O) groups excluding carboxylic acids is 1. The molecular weight excluding hydrogens is 317 g/mol. The van der Waals surface area contributed by atoms with Crippen molar-refractivity contribution in [1.82, 2.24) is 10.6 Å². The lowest BCUT2D eigenvalue weighted by Crippen LogP contribution is -2.43. The number of carbonyl (C=O) groups is 1. The minimum absolute atomic E-state index is 0.